The van der Waals surface area contributed by atoms with Gasteiger partial charge < -0.3 is 15.1 Å². The number of aromatic nitrogens is 3. The number of benzene rings is 2. The van der Waals surface area contributed by atoms with E-state index < -0.39 is 17.0 Å². The van der Waals surface area contributed by atoms with Crippen molar-refractivity contribution in [2.45, 2.75) is 69.5 Å². The first kappa shape index (κ1) is 31.2. The van der Waals surface area contributed by atoms with Crippen LogP contribution in [0.15, 0.2) is 30.5 Å². The monoisotopic (exact) mass is 634 g/mol. The molecule has 3 fully saturated rings. The summed E-state index contributed by atoms with van der Waals surface area (Å²) in [5.74, 6) is 2.38. The molecule has 3 saturated heterocycles. The van der Waals surface area contributed by atoms with Gasteiger partial charge >= 0.3 is 0 Å². The molecule has 5 heterocycles. The van der Waals surface area contributed by atoms with E-state index in [9.17, 15) is 5.26 Å². The second kappa shape index (κ2) is 12.0. The molecule has 2 unspecified atom stereocenters. The Morgan fingerprint density at radius 3 is 2.55 bits per heavy atom. The summed E-state index contributed by atoms with van der Waals surface area (Å²) in [6, 6.07) is 9.87. The Morgan fingerprint density at radius 2 is 1.87 bits per heavy atom. The van der Waals surface area contributed by atoms with Crippen LogP contribution >= 0.6 is 0 Å². The lowest BCUT2D eigenvalue weighted by atomic mass is 9.82. The van der Waals surface area contributed by atoms with Crippen molar-refractivity contribution in [3.05, 3.63) is 53.2 Å². The molecule has 0 radical (unpaired) electrons. The Bertz CT molecular complexity index is 1940. The number of nitriles is 1. The van der Waals surface area contributed by atoms with Crippen molar-refractivity contribution in [2.24, 2.45) is 0 Å². The summed E-state index contributed by atoms with van der Waals surface area (Å²) in [7, 11) is 4.17. The van der Waals surface area contributed by atoms with E-state index in [2.05, 4.69) is 44.0 Å². The average Bonchev–Trinajstić information content (AvgIpc) is 3.26. The van der Waals surface area contributed by atoms with Gasteiger partial charge in [0.25, 0.3) is 0 Å². The summed E-state index contributed by atoms with van der Waals surface area (Å²) in [6.45, 7) is 6.81. The minimum atomic E-state index is -0.903. The first-order chi connectivity index (χ1) is 22.6. The number of halogens is 2. The summed E-state index contributed by atoms with van der Waals surface area (Å²) < 4.78 is 32.3. The Morgan fingerprint density at radius 1 is 1.11 bits per heavy atom. The number of rotatable bonds is 6. The molecule has 10 heteroatoms. The smallest absolute Gasteiger partial charge is 0.228 e. The SMILES string of the molecule is C#Cc1c(F)ccc2cc(C(C)(C)C#N)cc(-c3ncc4c(N(C)C[C@@H]5CCCCN5)nc(N5CC6CCC(C5)N6C)nc4c3F)c12. The molecule has 2 aromatic carbocycles. The number of likely N-dealkylation sites (N-methyl/N-ethyl adjacent to an activating group) is 2. The van der Waals surface area contributed by atoms with E-state index in [0.29, 0.717) is 63.7 Å². The van der Waals surface area contributed by atoms with Gasteiger partial charge in [0.15, 0.2) is 5.82 Å². The lowest BCUT2D eigenvalue weighted by molar-refractivity contribution is 0.211. The number of anilines is 2. The van der Waals surface area contributed by atoms with Gasteiger partial charge in [0.2, 0.25) is 5.95 Å². The number of fused-ring (bicyclic) bond motifs is 4. The Labute approximate surface area is 274 Å². The quantitative estimate of drug-likeness (QED) is 0.268. The molecule has 4 aromatic rings. The average molecular weight is 635 g/mol. The van der Waals surface area contributed by atoms with Crippen LogP contribution in [0, 0.1) is 35.3 Å². The maximum Gasteiger partial charge on any atom is 0.228 e. The number of nitrogens with zero attached hydrogens (tertiary/aromatic N) is 7. The predicted molar refractivity (Wildman–Crippen MR) is 182 cm³/mol. The highest BCUT2D eigenvalue weighted by Gasteiger charge is 2.39. The van der Waals surface area contributed by atoms with Crippen LogP contribution in [0.2, 0.25) is 0 Å². The molecule has 8 nitrogen and oxygen atoms in total. The van der Waals surface area contributed by atoms with Gasteiger partial charge in [-0.1, -0.05) is 18.4 Å². The molecule has 0 aliphatic carbocycles. The fourth-order valence-electron chi connectivity index (χ4n) is 7.62. The first-order valence-electron chi connectivity index (χ1n) is 16.5. The fraction of sp³-hybridized carbons (Fsp3) is 0.459. The Hall–Kier alpha value is -4.38. The lowest BCUT2D eigenvalue weighted by Crippen LogP contribution is -2.52. The fourth-order valence-corrected chi connectivity index (χ4v) is 7.62. The van der Waals surface area contributed by atoms with Crippen molar-refractivity contribution in [1.82, 2.24) is 25.2 Å². The predicted octanol–water partition coefficient (Wildman–Crippen LogP) is 5.77. The van der Waals surface area contributed by atoms with Crippen LogP contribution in [0.5, 0.6) is 0 Å². The third-order valence-corrected chi connectivity index (χ3v) is 10.5. The van der Waals surface area contributed by atoms with Gasteiger partial charge in [-0.3, -0.25) is 9.88 Å². The summed E-state index contributed by atoms with van der Waals surface area (Å²) in [5, 5.41) is 15.1. The van der Waals surface area contributed by atoms with Gasteiger partial charge in [-0.15, -0.1) is 6.42 Å². The van der Waals surface area contributed by atoms with Crippen molar-refractivity contribution in [3.8, 4) is 29.7 Å². The van der Waals surface area contributed by atoms with Crippen molar-refractivity contribution in [3.63, 3.8) is 0 Å². The molecular formula is C37H40F2N8. The van der Waals surface area contributed by atoms with Crippen LogP contribution in [-0.4, -0.2) is 78.3 Å². The Kier molecular flexibility index (Phi) is 7.98. The largest absolute Gasteiger partial charge is 0.357 e. The van der Waals surface area contributed by atoms with E-state index in [1.165, 1.54) is 12.5 Å². The van der Waals surface area contributed by atoms with E-state index >= 15 is 8.78 Å². The zero-order chi connectivity index (χ0) is 33.0. The maximum absolute atomic E-state index is 17.2. The zero-order valence-corrected chi connectivity index (χ0v) is 27.4. The summed E-state index contributed by atoms with van der Waals surface area (Å²) in [6.07, 6.45) is 13.1. The van der Waals surface area contributed by atoms with Crippen LogP contribution in [0.3, 0.4) is 0 Å². The van der Waals surface area contributed by atoms with Gasteiger partial charge in [-0.25, -0.2) is 13.8 Å². The zero-order valence-electron chi connectivity index (χ0n) is 27.4. The van der Waals surface area contributed by atoms with Crippen molar-refractivity contribution < 1.29 is 8.78 Å². The highest BCUT2D eigenvalue weighted by molar-refractivity contribution is 6.03. The Balaban J connectivity index is 1.44. The van der Waals surface area contributed by atoms with Crippen molar-refractivity contribution >= 4 is 33.4 Å². The third-order valence-electron chi connectivity index (χ3n) is 10.5. The number of piperazine rings is 1. The number of piperidine rings is 1. The molecule has 3 atom stereocenters. The molecule has 7 rings (SSSR count). The van der Waals surface area contributed by atoms with Crippen LogP contribution in [-0.2, 0) is 5.41 Å². The molecule has 3 aliphatic rings. The molecule has 3 aliphatic heterocycles. The van der Waals surface area contributed by atoms with Gasteiger partial charge in [0.1, 0.15) is 22.8 Å². The molecule has 2 bridgehead atoms. The highest BCUT2D eigenvalue weighted by Crippen LogP contribution is 2.40. The number of hydrogen-bond acceptors (Lipinski definition) is 8. The van der Waals surface area contributed by atoms with E-state index in [0.717, 1.165) is 45.3 Å². The van der Waals surface area contributed by atoms with E-state index in [4.69, 9.17) is 16.4 Å². The molecule has 0 spiro atoms. The van der Waals surface area contributed by atoms with Crippen LogP contribution in [0.4, 0.5) is 20.5 Å². The lowest BCUT2D eigenvalue weighted by Gasteiger charge is -2.39. The van der Waals surface area contributed by atoms with E-state index in [1.807, 2.05) is 13.1 Å². The van der Waals surface area contributed by atoms with Gasteiger partial charge in [0.05, 0.1) is 22.4 Å². The normalized spacial score (nSPS) is 21.6. The molecule has 0 amide bonds. The van der Waals surface area contributed by atoms with Gasteiger partial charge in [-0.05, 0) is 82.3 Å². The number of terminal acetylenes is 1. The molecular weight excluding hydrogens is 594 g/mol. The molecule has 47 heavy (non-hydrogen) atoms. The van der Waals surface area contributed by atoms with Crippen LogP contribution in [0.25, 0.3) is 32.9 Å². The highest BCUT2D eigenvalue weighted by atomic mass is 19.1. The summed E-state index contributed by atoms with van der Waals surface area (Å²) >= 11 is 0. The van der Waals surface area contributed by atoms with E-state index in [-0.39, 0.29) is 16.8 Å². The van der Waals surface area contributed by atoms with Crippen molar-refractivity contribution in [1.29, 1.82) is 5.26 Å². The summed E-state index contributed by atoms with van der Waals surface area (Å²) in [5.41, 5.74) is 0.256. The van der Waals surface area contributed by atoms with E-state index in [1.54, 1.807) is 32.2 Å². The van der Waals surface area contributed by atoms with Gasteiger partial charge in [0, 0.05) is 62.0 Å². The number of pyridine rings is 1. The van der Waals surface area contributed by atoms with Crippen LogP contribution in [0.1, 0.15) is 57.1 Å². The number of hydrogen-bond donors (Lipinski definition) is 1. The number of nitrogens with one attached hydrogen (secondary N) is 1. The molecule has 2 aromatic heterocycles. The second-order valence-electron chi connectivity index (χ2n) is 13.9. The second-order valence-corrected chi connectivity index (χ2v) is 13.9. The standard InChI is InChI=1S/C37H40F2N8/c1-6-27-30(38)13-10-22-15-23(37(2,3)21-40)16-28(31(22)27)33-32(39)34-29(17-42-33)35(45(4)18-24-9-7-8-14-41-24)44-36(43-34)47-19-25-11-12-26(20-47)46(25)5/h1,10,13,15-17,24-26,41H,7-9,11-12,14,18-20H2,2-5H3/t24-,25?,26?/m0/s1. The molecule has 0 saturated carbocycles. The van der Waals surface area contributed by atoms with Crippen molar-refractivity contribution in [2.75, 3.05) is 50.1 Å². The molecule has 1 N–H and O–H groups in total. The topological polar surface area (TPSA) is 84.2 Å². The summed E-state index contributed by atoms with van der Waals surface area (Å²) in [4.78, 5) is 21.3. The first-order valence-corrected chi connectivity index (χ1v) is 16.5. The molecule has 242 valence electrons. The van der Waals surface area contributed by atoms with Gasteiger partial charge in [-0.2, -0.15) is 10.2 Å². The maximum atomic E-state index is 17.2. The minimum Gasteiger partial charge on any atom is -0.357 e. The van der Waals surface area contributed by atoms with Crippen LogP contribution < -0.4 is 15.1 Å². The third kappa shape index (κ3) is 5.44. The minimum absolute atomic E-state index is 0.00540.